The van der Waals surface area contributed by atoms with E-state index in [-0.39, 0.29) is 11.8 Å². The van der Waals surface area contributed by atoms with Crippen molar-refractivity contribution >= 4 is 131 Å². The fourth-order valence-electron chi connectivity index (χ4n) is 17.6. The fraction of sp³-hybridized carbons (Fsp3) is 0.0233. The lowest BCUT2D eigenvalue weighted by Gasteiger charge is -2.43. The van der Waals surface area contributed by atoms with Gasteiger partial charge in [0.25, 0.3) is 0 Å². The molecule has 0 N–H and O–H groups in total. The van der Waals surface area contributed by atoms with Gasteiger partial charge < -0.3 is 0 Å². The number of nitrogens with zero attached hydrogens (tertiary/aromatic N) is 12. The van der Waals surface area contributed by atoms with Crippen molar-refractivity contribution in [1.29, 1.82) is 0 Å². The van der Waals surface area contributed by atoms with Crippen LogP contribution < -0.4 is 0 Å². The predicted molar refractivity (Wildman–Crippen MR) is 394 cm³/mol. The molecule has 0 spiro atoms. The molecular weight excluding hydrogens is 1200 g/mol. The Hall–Kier alpha value is -13.3. The Morgan fingerprint density at radius 1 is 0.163 bits per heavy atom. The molecule has 0 fully saturated rings. The summed E-state index contributed by atoms with van der Waals surface area (Å²) < 4.78 is 13.5. The zero-order valence-electron chi connectivity index (χ0n) is 52.2. The lowest BCUT2D eigenvalue weighted by atomic mass is 9.59. The fourth-order valence-corrected chi connectivity index (χ4v) is 17.6. The molecule has 0 saturated carbocycles. The smallest absolute Gasteiger partial charge is 0.241 e. The van der Waals surface area contributed by atoms with Crippen LogP contribution in [-0.4, -0.2) is 57.3 Å². The number of para-hydroxylation sites is 10. The van der Waals surface area contributed by atoms with Crippen LogP contribution in [-0.2, 0) is 0 Å². The van der Waals surface area contributed by atoms with Crippen molar-refractivity contribution in [3.8, 4) is 35.7 Å². The maximum Gasteiger partial charge on any atom is 0.241 e. The van der Waals surface area contributed by atoms with Gasteiger partial charge in [-0.25, -0.2) is 0 Å². The average Bonchev–Trinajstić information content (AvgIpc) is 1.28. The predicted octanol–water partition coefficient (Wildman–Crippen LogP) is 19.6. The summed E-state index contributed by atoms with van der Waals surface area (Å²) in [6, 6.07) is 105. The minimum atomic E-state index is -0.188. The molecule has 454 valence electrons. The van der Waals surface area contributed by atoms with Gasteiger partial charge in [-0.15, -0.1) is 0 Å². The first kappa shape index (κ1) is 52.1. The third-order valence-electron chi connectivity index (χ3n) is 21.4. The molecule has 12 heteroatoms. The second-order valence-corrected chi connectivity index (χ2v) is 26.1. The van der Waals surface area contributed by atoms with Crippen LogP contribution in [0.5, 0.6) is 0 Å². The highest BCUT2D eigenvalue weighted by Gasteiger charge is 2.45. The molecule has 0 radical (unpaired) electrons. The third-order valence-corrected chi connectivity index (χ3v) is 21.4. The van der Waals surface area contributed by atoms with Gasteiger partial charge >= 0.3 is 0 Å². The Kier molecular flexibility index (Phi) is 10.2. The van der Waals surface area contributed by atoms with E-state index >= 15 is 0 Å². The van der Waals surface area contributed by atoms with Gasteiger partial charge in [0.1, 0.15) is 0 Å². The van der Waals surface area contributed by atoms with Crippen LogP contribution in [0.4, 0.5) is 0 Å². The van der Waals surface area contributed by atoms with Gasteiger partial charge in [-0.3, -0.25) is 27.4 Å². The van der Waals surface area contributed by atoms with Gasteiger partial charge in [0.05, 0.1) is 66.2 Å². The summed E-state index contributed by atoms with van der Waals surface area (Å²) >= 11 is 0. The Bertz CT molecular complexity index is 6230. The van der Waals surface area contributed by atoms with E-state index in [1.165, 1.54) is 44.2 Å². The standard InChI is InChI=1S/C86H50N12/c1-2-32-58-57(31-1)75-61-45-47-73-76(59-33-11-21-43-71(59)97(73)85-89-81(93-63-35-13-3-23-49(63)50-24-4-14-36-64(50)93)87-82(90-85)94-65-37-15-5-25-51(65)52-26-6-16-38-66(52)94)79(61)78(58)80-62(75)46-48-74-77(80)60-34-12-22-44-72(60)98(74)86-91-83(95-67-39-17-7-27-53(67)54-28-8-18-40-68(54)95)88-84(92-86)96-69-41-19-9-29-55(69)56-30-10-20-42-70(56)96/h1-48,75,78H. The lowest BCUT2D eigenvalue weighted by Crippen LogP contribution is -2.28. The van der Waals surface area contributed by atoms with Crippen LogP contribution >= 0.6 is 0 Å². The van der Waals surface area contributed by atoms with E-state index in [0.29, 0.717) is 35.7 Å². The third kappa shape index (κ3) is 6.76. The van der Waals surface area contributed by atoms with E-state index in [4.69, 9.17) is 29.9 Å². The van der Waals surface area contributed by atoms with Crippen molar-refractivity contribution in [2.45, 2.75) is 11.8 Å². The van der Waals surface area contributed by atoms with Crippen molar-refractivity contribution < 1.29 is 0 Å². The van der Waals surface area contributed by atoms with Gasteiger partial charge in [0, 0.05) is 76.5 Å². The van der Waals surface area contributed by atoms with Crippen LogP contribution in [0.2, 0.25) is 0 Å². The van der Waals surface area contributed by atoms with E-state index in [9.17, 15) is 0 Å². The summed E-state index contributed by atoms with van der Waals surface area (Å²) in [7, 11) is 0. The van der Waals surface area contributed by atoms with E-state index in [0.717, 1.165) is 120 Å². The number of benzene rings is 13. The molecule has 0 saturated heterocycles. The van der Waals surface area contributed by atoms with Crippen molar-refractivity contribution in [2.75, 3.05) is 0 Å². The van der Waals surface area contributed by atoms with Gasteiger partial charge in [0.2, 0.25) is 35.7 Å². The van der Waals surface area contributed by atoms with Gasteiger partial charge in [0.15, 0.2) is 0 Å². The van der Waals surface area contributed by atoms with E-state index < -0.39 is 0 Å². The summed E-state index contributed by atoms with van der Waals surface area (Å²) in [5.41, 5.74) is 20.0. The lowest BCUT2D eigenvalue weighted by molar-refractivity contribution is 0.767. The topological polar surface area (TPSA) is 107 Å². The van der Waals surface area contributed by atoms with Crippen LogP contribution in [0.15, 0.2) is 291 Å². The quantitative estimate of drug-likeness (QED) is 0.164. The van der Waals surface area contributed by atoms with Crippen molar-refractivity contribution in [3.05, 3.63) is 325 Å². The number of hydrogen-bond acceptors (Lipinski definition) is 6. The largest absolute Gasteiger partial charge is 0.278 e. The minimum absolute atomic E-state index is 0.0683. The van der Waals surface area contributed by atoms with Crippen LogP contribution in [0, 0.1) is 0 Å². The molecule has 8 heterocycles. The van der Waals surface area contributed by atoms with E-state index in [1.54, 1.807) is 0 Å². The molecule has 3 aliphatic carbocycles. The molecule has 3 aliphatic rings. The first-order valence-corrected chi connectivity index (χ1v) is 33.4. The van der Waals surface area contributed by atoms with Crippen molar-refractivity contribution in [2.24, 2.45) is 0 Å². The normalized spacial score (nSPS) is 14.3. The van der Waals surface area contributed by atoms with Crippen molar-refractivity contribution in [3.63, 3.8) is 0 Å². The zero-order chi connectivity index (χ0) is 63.6. The van der Waals surface area contributed by atoms with E-state index in [1.807, 2.05) is 0 Å². The molecule has 13 aromatic carbocycles. The first-order chi connectivity index (χ1) is 48.7. The highest BCUT2D eigenvalue weighted by atomic mass is 15.3. The highest BCUT2D eigenvalue weighted by Crippen LogP contribution is 2.61. The zero-order valence-corrected chi connectivity index (χ0v) is 52.2. The highest BCUT2D eigenvalue weighted by molar-refractivity contribution is 6.17. The maximum absolute atomic E-state index is 5.70. The molecule has 21 aromatic rings. The summed E-state index contributed by atoms with van der Waals surface area (Å²) in [6.07, 6.45) is 0. The Balaban J connectivity index is 0.796. The minimum Gasteiger partial charge on any atom is -0.278 e. The van der Waals surface area contributed by atoms with Crippen LogP contribution in [0.1, 0.15) is 45.2 Å². The monoisotopic (exact) mass is 1250 g/mol. The maximum atomic E-state index is 5.70. The summed E-state index contributed by atoms with van der Waals surface area (Å²) in [5.74, 6) is 2.88. The number of fused-ring (bicyclic) bond motifs is 18. The summed E-state index contributed by atoms with van der Waals surface area (Å²) in [5, 5.41) is 13.6. The molecule has 2 bridgehead atoms. The Morgan fingerprint density at radius 2 is 0.357 bits per heavy atom. The average molecular weight is 1250 g/mol. The van der Waals surface area contributed by atoms with Crippen LogP contribution in [0.3, 0.4) is 0 Å². The Morgan fingerprint density at radius 3 is 0.612 bits per heavy atom. The number of aromatic nitrogens is 12. The van der Waals surface area contributed by atoms with Crippen molar-refractivity contribution in [1.82, 2.24) is 57.3 Å². The second kappa shape index (κ2) is 19.2. The van der Waals surface area contributed by atoms with Gasteiger partial charge in [-0.2, -0.15) is 29.9 Å². The number of rotatable bonds is 6. The molecule has 0 aliphatic heterocycles. The van der Waals surface area contributed by atoms with Gasteiger partial charge in [-0.1, -0.05) is 218 Å². The van der Waals surface area contributed by atoms with E-state index in [2.05, 4.69) is 319 Å². The first-order valence-electron chi connectivity index (χ1n) is 33.4. The SMILES string of the molecule is c1ccc2c(c1)C1c3ccc4c(c3C2c2c1ccc1c2c2ccccc2n1-c1nc(-n2c3ccccc3c3ccccc32)nc(-n2c3ccccc3c3ccccc32)n1)c1ccccc1n4-c1nc(-n2c3ccccc3c3ccccc32)nc(-n2c3ccccc3c3ccccc32)n1. The number of hydrogen-bond donors (Lipinski definition) is 0. The molecule has 0 unspecified atom stereocenters. The molecule has 98 heavy (non-hydrogen) atoms. The van der Waals surface area contributed by atoms with Gasteiger partial charge in [-0.05, 0) is 106 Å². The Labute approximate surface area is 557 Å². The molecule has 12 nitrogen and oxygen atoms in total. The molecule has 0 amide bonds. The summed E-state index contributed by atoms with van der Waals surface area (Å²) in [4.78, 5) is 33.9. The second-order valence-electron chi connectivity index (χ2n) is 26.1. The van der Waals surface area contributed by atoms with Crippen LogP contribution in [0.25, 0.3) is 167 Å². The molecule has 0 atom stereocenters. The molecule has 8 aromatic heterocycles. The summed E-state index contributed by atoms with van der Waals surface area (Å²) in [6.45, 7) is 0. The molecule has 24 rings (SSSR count). The molecular formula is C86H50N12.